The van der Waals surface area contributed by atoms with Gasteiger partial charge in [-0.1, -0.05) is 6.92 Å². The van der Waals surface area contributed by atoms with Gasteiger partial charge in [0.05, 0.1) is 12.7 Å². The first-order chi connectivity index (χ1) is 9.29. The summed E-state index contributed by atoms with van der Waals surface area (Å²) >= 11 is 0. The molecule has 1 aromatic heterocycles. The Morgan fingerprint density at radius 2 is 2.11 bits per heavy atom. The summed E-state index contributed by atoms with van der Waals surface area (Å²) < 4.78 is 5.82. The molecule has 2 atom stereocenters. The lowest BCUT2D eigenvalue weighted by atomic mass is 10.00. The van der Waals surface area contributed by atoms with E-state index in [9.17, 15) is 5.11 Å². The average molecular weight is 262 g/mol. The number of nitrogens with zero attached hydrogens (tertiary/aromatic N) is 2. The van der Waals surface area contributed by atoms with Gasteiger partial charge in [-0.15, -0.1) is 0 Å². The van der Waals surface area contributed by atoms with E-state index in [1.54, 1.807) is 0 Å². The lowest BCUT2D eigenvalue weighted by molar-refractivity contribution is 0.125. The molecule has 0 radical (unpaired) electrons. The number of pyridine rings is 1. The lowest BCUT2D eigenvalue weighted by Crippen LogP contribution is -2.45. The zero-order chi connectivity index (χ0) is 13.2. The third-order valence-corrected chi connectivity index (χ3v) is 4.17. The highest BCUT2D eigenvalue weighted by molar-refractivity contribution is 5.55. The smallest absolute Gasteiger partial charge is 0.171 e. The van der Waals surface area contributed by atoms with Crippen LogP contribution in [0.15, 0.2) is 18.3 Å². The van der Waals surface area contributed by atoms with Crippen molar-refractivity contribution in [2.45, 2.75) is 57.2 Å². The first-order valence-corrected chi connectivity index (χ1v) is 7.33. The van der Waals surface area contributed by atoms with Crippen molar-refractivity contribution in [3.8, 4) is 5.75 Å². The first kappa shape index (κ1) is 12.7. The second-order valence-corrected chi connectivity index (χ2v) is 5.59. The summed E-state index contributed by atoms with van der Waals surface area (Å²) in [5, 5.41) is 9.89. The number of aliphatic hydroxyl groups excluding tert-OH is 1. The Labute approximate surface area is 114 Å². The van der Waals surface area contributed by atoms with E-state index in [1.165, 1.54) is 0 Å². The second-order valence-electron chi connectivity index (χ2n) is 5.59. The molecule has 2 bridgehead atoms. The molecule has 104 valence electrons. The molecule has 0 aliphatic carbocycles. The molecule has 19 heavy (non-hydrogen) atoms. The minimum absolute atomic E-state index is 0.141. The lowest BCUT2D eigenvalue weighted by Gasteiger charge is -2.38. The van der Waals surface area contributed by atoms with E-state index in [-0.39, 0.29) is 6.10 Å². The summed E-state index contributed by atoms with van der Waals surface area (Å²) in [5.41, 5.74) is 0. The van der Waals surface area contributed by atoms with Crippen molar-refractivity contribution < 1.29 is 9.84 Å². The molecule has 0 aromatic carbocycles. The van der Waals surface area contributed by atoms with Crippen LogP contribution in [0.25, 0.3) is 0 Å². The van der Waals surface area contributed by atoms with E-state index in [4.69, 9.17) is 4.74 Å². The van der Waals surface area contributed by atoms with Gasteiger partial charge in [-0.3, -0.25) is 0 Å². The predicted octanol–water partition coefficient (Wildman–Crippen LogP) is 2.36. The van der Waals surface area contributed by atoms with Gasteiger partial charge < -0.3 is 14.7 Å². The van der Waals surface area contributed by atoms with Crippen LogP contribution in [0.5, 0.6) is 5.75 Å². The molecule has 2 saturated heterocycles. The highest BCUT2D eigenvalue weighted by Gasteiger charge is 2.41. The van der Waals surface area contributed by atoms with Crippen molar-refractivity contribution in [3.63, 3.8) is 0 Å². The molecular formula is C15H22N2O2. The van der Waals surface area contributed by atoms with Gasteiger partial charge in [0.15, 0.2) is 11.6 Å². The van der Waals surface area contributed by atoms with Crippen LogP contribution in [0.3, 0.4) is 0 Å². The molecule has 1 N–H and O–H groups in total. The molecule has 0 amide bonds. The summed E-state index contributed by atoms with van der Waals surface area (Å²) in [5.74, 6) is 1.85. The quantitative estimate of drug-likeness (QED) is 0.905. The van der Waals surface area contributed by atoms with Crippen molar-refractivity contribution in [1.82, 2.24) is 4.98 Å². The number of hydrogen-bond donors (Lipinski definition) is 1. The second kappa shape index (κ2) is 5.37. The van der Waals surface area contributed by atoms with Crippen LogP contribution in [0.4, 0.5) is 5.82 Å². The Morgan fingerprint density at radius 3 is 2.79 bits per heavy atom. The van der Waals surface area contributed by atoms with Gasteiger partial charge in [0.1, 0.15) is 0 Å². The van der Waals surface area contributed by atoms with Crippen molar-refractivity contribution in [2.24, 2.45) is 0 Å². The monoisotopic (exact) mass is 262 g/mol. The van der Waals surface area contributed by atoms with Gasteiger partial charge in [-0.05, 0) is 44.2 Å². The van der Waals surface area contributed by atoms with Crippen LogP contribution in [0.2, 0.25) is 0 Å². The number of piperidine rings is 1. The van der Waals surface area contributed by atoms with Crippen molar-refractivity contribution in [3.05, 3.63) is 18.3 Å². The third kappa shape index (κ3) is 2.41. The zero-order valence-corrected chi connectivity index (χ0v) is 11.5. The van der Waals surface area contributed by atoms with Gasteiger partial charge in [-0.2, -0.15) is 0 Å². The highest BCUT2D eigenvalue weighted by Crippen LogP contribution is 2.41. The maximum atomic E-state index is 9.89. The number of ether oxygens (including phenoxy) is 1. The Morgan fingerprint density at radius 1 is 1.37 bits per heavy atom. The SMILES string of the molecule is CCCOc1cccnc1N1C2CCC1CC(O)C2. The minimum atomic E-state index is -0.141. The number of aliphatic hydroxyl groups is 1. The number of aromatic nitrogens is 1. The third-order valence-electron chi connectivity index (χ3n) is 4.17. The molecule has 4 nitrogen and oxygen atoms in total. The van der Waals surface area contributed by atoms with Gasteiger partial charge in [-0.25, -0.2) is 4.98 Å². The topological polar surface area (TPSA) is 45.6 Å². The zero-order valence-electron chi connectivity index (χ0n) is 11.5. The van der Waals surface area contributed by atoms with E-state index >= 15 is 0 Å². The maximum absolute atomic E-state index is 9.89. The minimum Gasteiger partial charge on any atom is -0.490 e. The summed E-state index contributed by atoms with van der Waals surface area (Å²) in [7, 11) is 0. The van der Waals surface area contributed by atoms with Gasteiger partial charge in [0.25, 0.3) is 0 Å². The summed E-state index contributed by atoms with van der Waals surface area (Å²) in [6.45, 7) is 2.83. The van der Waals surface area contributed by atoms with E-state index in [1.807, 2.05) is 18.3 Å². The summed E-state index contributed by atoms with van der Waals surface area (Å²) in [4.78, 5) is 6.93. The van der Waals surface area contributed by atoms with E-state index < -0.39 is 0 Å². The summed E-state index contributed by atoms with van der Waals surface area (Å²) in [6.07, 6.45) is 6.73. The molecule has 3 rings (SSSR count). The van der Waals surface area contributed by atoms with Crippen LogP contribution in [-0.2, 0) is 0 Å². The number of hydrogen-bond acceptors (Lipinski definition) is 4. The number of rotatable bonds is 4. The molecule has 4 heteroatoms. The van der Waals surface area contributed by atoms with E-state index in [2.05, 4.69) is 16.8 Å². The van der Waals surface area contributed by atoms with Crippen LogP contribution >= 0.6 is 0 Å². The molecule has 3 heterocycles. The maximum Gasteiger partial charge on any atom is 0.171 e. The highest BCUT2D eigenvalue weighted by atomic mass is 16.5. The van der Waals surface area contributed by atoms with Gasteiger partial charge in [0, 0.05) is 18.3 Å². The van der Waals surface area contributed by atoms with Crippen LogP contribution in [0.1, 0.15) is 39.0 Å². The fraction of sp³-hybridized carbons (Fsp3) is 0.667. The Balaban J connectivity index is 1.86. The van der Waals surface area contributed by atoms with Crippen molar-refractivity contribution in [2.75, 3.05) is 11.5 Å². The Hall–Kier alpha value is -1.29. The summed E-state index contributed by atoms with van der Waals surface area (Å²) in [6, 6.07) is 4.78. The van der Waals surface area contributed by atoms with Crippen LogP contribution in [-0.4, -0.2) is 34.9 Å². The number of fused-ring (bicyclic) bond motifs is 2. The van der Waals surface area contributed by atoms with E-state index in [0.29, 0.717) is 12.1 Å². The standard InChI is InChI=1S/C15H22N2O2/c1-2-8-19-14-4-3-7-16-15(14)17-11-5-6-12(17)10-13(18)9-11/h3-4,7,11-13,18H,2,5-6,8-10H2,1H3. The number of anilines is 1. The first-order valence-electron chi connectivity index (χ1n) is 7.33. The van der Waals surface area contributed by atoms with Crippen LogP contribution < -0.4 is 9.64 Å². The average Bonchev–Trinajstić information content (AvgIpc) is 2.68. The fourth-order valence-corrected chi connectivity index (χ4v) is 3.39. The fourth-order valence-electron chi connectivity index (χ4n) is 3.39. The largest absolute Gasteiger partial charge is 0.490 e. The molecule has 2 fully saturated rings. The molecule has 0 saturated carbocycles. The van der Waals surface area contributed by atoms with Crippen LogP contribution in [0, 0.1) is 0 Å². The molecule has 1 aromatic rings. The Bertz CT molecular complexity index is 424. The van der Waals surface area contributed by atoms with Gasteiger partial charge in [0.2, 0.25) is 0 Å². The molecular weight excluding hydrogens is 240 g/mol. The normalized spacial score (nSPS) is 29.6. The van der Waals surface area contributed by atoms with Crippen molar-refractivity contribution >= 4 is 5.82 Å². The van der Waals surface area contributed by atoms with Gasteiger partial charge >= 0.3 is 0 Å². The molecule has 2 aliphatic rings. The predicted molar refractivity (Wildman–Crippen MR) is 74.6 cm³/mol. The molecule has 2 aliphatic heterocycles. The Kier molecular flexibility index (Phi) is 3.60. The molecule has 2 unspecified atom stereocenters. The van der Waals surface area contributed by atoms with Crippen molar-refractivity contribution in [1.29, 1.82) is 0 Å². The molecule has 0 spiro atoms. The van der Waals surface area contributed by atoms with E-state index in [0.717, 1.165) is 50.3 Å².